The van der Waals surface area contributed by atoms with Crippen molar-refractivity contribution in [2.75, 3.05) is 6.54 Å². The lowest BCUT2D eigenvalue weighted by molar-refractivity contribution is 0.0950. The van der Waals surface area contributed by atoms with Gasteiger partial charge in [-0.15, -0.1) is 0 Å². The van der Waals surface area contributed by atoms with Crippen molar-refractivity contribution in [3.8, 4) is 0 Å². The second-order valence-electron chi connectivity index (χ2n) is 4.15. The van der Waals surface area contributed by atoms with Gasteiger partial charge in [-0.1, -0.05) is 0 Å². The fourth-order valence-electron chi connectivity index (χ4n) is 1.69. The highest BCUT2D eigenvalue weighted by molar-refractivity contribution is 5.94. The van der Waals surface area contributed by atoms with E-state index in [1.807, 2.05) is 6.20 Å². The summed E-state index contributed by atoms with van der Waals surface area (Å²) in [5.74, 6) is -2.12. The van der Waals surface area contributed by atoms with Gasteiger partial charge in [-0.2, -0.15) is 5.10 Å². The highest BCUT2D eigenvalue weighted by Gasteiger charge is 2.11. The number of carbonyl (C=O) groups excluding carboxylic acids is 1. The molecule has 0 radical (unpaired) electrons. The van der Waals surface area contributed by atoms with Crippen LogP contribution in [0.15, 0.2) is 30.6 Å². The van der Waals surface area contributed by atoms with Crippen molar-refractivity contribution >= 4 is 5.91 Å². The summed E-state index contributed by atoms with van der Waals surface area (Å²) in [5, 5.41) is 6.58. The number of nitrogens with zero attached hydrogens (tertiary/aromatic N) is 2. The van der Waals surface area contributed by atoms with Crippen molar-refractivity contribution < 1.29 is 13.6 Å². The van der Waals surface area contributed by atoms with Gasteiger partial charge in [0.05, 0.1) is 11.8 Å². The number of hydrogen-bond donors (Lipinski definition) is 1. The molecule has 1 heterocycles. The van der Waals surface area contributed by atoms with E-state index in [-0.39, 0.29) is 5.56 Å². The van der Waals surface area contributed by atoms with Crippen LogP contribution in [0.3, 0.4) is 0 Å². The minimum absolute atomic E-state index is 0.160. The minimum Gasteiger partial charge on any atom is -0.352 e. The lowest BCUT2D eigenvalue weighted by Gasteiger charge is -2.05. The Morgan fingerprint density at radius 1 is 1.42 bits per heavy atom. The van der Waals surface area contributed by atoms with Gasteiger partial charge < -0.3 is 5.32 Å². The van der Waals surface area contributed by atoms with Crippen molar-refractivity contribution in [2.45, 2.75) is 6.42 Å². The maximum atomic E-state index is 13.3. The van der Waals surface area contributed by atoms with E-state index >= 15 is 0 Å². The Labute approximate surface area is 109 Å². The quantitative estimate of drug-likeness (QED) is 0.914. The van der Waals surface area contributed by atoms with Crippen molar-refractivity contribution in [1.82, 2.24) is 15.1 Å². The van der Waals surface area contributed by atoms with Gasteiger partial charge in [0.2, 0.25) is 0 Å². The molecule has 0 aliphatic heterocycles. The largest absolute Gasteiger partial charge is 0.352 e. The molecule has 2 rings (SSSR count). The molecule has 6 heteroatoms. The van der Waals surface area contributed by atoms with Gasteiger partial charge in [-0.25, -0.2) is 8.78 Å². The fraction of sp³-hybridized carbons (Fsp3) is 0.231. The van der Waals surface area contributed by atoms with Crippen LogP contribution in [0.2, 0.25) is 0 Å². The second kappa shape index (κ2) is 5.60. The third kappa shape index (κ3) is 3.37. The van der Waals surface area contributed by atoms with E-state index in [2.05, 4.69) is 10.4 Å². The zero-order valence-corrected chi connectivity index (χ0v) is 10.4. The van der Waals surface area contributed by atoms with E-state index in [0.717, 1.165) is 17.7 Å². The molecule has 0 saturated heterocycles. The molecule has 0 atom stereocenters. The molecular formula is C13H13F2N3O. The Kier molecular flexibility index (Phi) is 3.89. The van der Waals surface area contributed by atoms with Crippen LogP contribution in [0.4, 0.5) is 8.78 Å². The van der Waals surface area contributed by atoms with Crippen LogP contribution in [0.1, 0.15) is 15.9 Å². The maximum Gasteiger partial charge on any atom is 0.254 e. The summed E-state index contributed by atoms with van der Waals surface area (Å²) in [6.07, 6.45) is 4.14. The normalized spacial score (nSPS) is 10.5. The van der Waals surface area contributed by atoms with Crippen molar-refractivity contribution in [3.63, 3.8) is 0 Å². The first-order valence-corrected chi connectivity index (χ1v) is 5.77. The molecule has 0 fully saturated rings. The van der Waals surface area contributed by atoms with Crippen LogP contribution < -0.4 is 5.32 Å². The first kappa shape index (κ1) is 13.2. The fourth-order valence-corrected chi connectivity index (χ4v) is 1.69. The Hall–Kier alpha value is -2.24. The molecule has 2 aromatic rings. The van der Waals surface area contributed by atoms with Crippen molar-refractivity contribution in [2.24, 2.45) is 7.05 Å². The molecule has 0 aliphatic carbocycles. The third-order valence-electron chi connectivity index (χ3n) is 2.63. The van der Waals surface area contributed by atoms with Crippen LogP contribution in [0, 0.1) is 11.6 Å². The number of nitrogens with one attached hydrogen (secondary N) is 1. The zero-order valence-electron chi connectivity index (χ0n) is 10.4. The Morgan fingerprint density at radius 2 is 2.21 bits per heavy atom. The standard InChI is InChI=1S/C13H13F2N3O/c1-18-8-9(7-17-18)4-5-16-13(19)11-3-2-10(14)6-12(11)15/h2-3,6-8H,4-5H2,1H3,(H,16,19). The molecule has 100 valence electrons. The third-order valence-corrected chi connectivity index (χ3v) is 2.63. The summed E-state index contributed by atoms with van der Waals surface area (Å²) < 4.78 is 27.7. The number of hydrogen-bond acceptors (Lipinski definition) is 2. The van der Waals surface area contributed by atoms with E-state index in [4.69, 9.17) is 0 Å². The summed E-state index contributed by atoms with van der Waals surface area (Å²) >= 11 is 0. The van der Waals surface area contributed by atoms with Crippen molar-refractivity contribution in [3.05, 3.63) is 53.4 Å². The number of aryl methyl sites for hydroxylation is 1. The summed E-state index contributed by atoms with van der Waals surface area (Å²) in [7, 11) is 1.80. The Balaban J connectivity index is 1.90. The summed E-state index contributed by atoms with van der Waals surface area (Å²) in [6.45, 7) is 0.362. The molecule has 19 heavy (non-hydrogen) atoms. The molecule has 0 aliphatic rings. The predicted molar refractivity (Wildman–Crippen MR) is 65.6 cm³/mol. The molecule has 1 aromatic carbocycles. The highest BCUT2D eigenvalue weighted by atomic mass is 19.1. The molecule has 0 spiro atoms. The summed E-state index contributed by atoms with van der Waals surface area (Å²) in [4.78, 5) is 11.7. The van der Waals surface area contributed by atoms with Gasteiger partial charge in [0.1, 0.15) is 11.6 Å². The Morgan fingerprint density at radius 3 is 2.84 bits per heavy atom. The SMILES string of the molecule is Cn1cc(CCNC(=O)c2ccc(F)cc2F)cn1. The van der Waals surface area contributed by atoms with Crippen LogP contribution in [0.25, 0.3) is 0 Å². The number of amides is 1. The summed E-state index contributed by atoms with van der Waals surface area (Å²) in [5.41, 5.74) is 0.815. The van der Waals surface area contributed by atoms with Crippen LogP contribution >= 0.6 is 0 Å². The predicted octanol–water partition coefficient (Wildman–Crippen LogP) is 1.67. The highest BCUT2D eigenvalue weighted by Crippen LogP contribution is 2.09. The Bertz CT molecular complexity index is 595. The monoisotopic (exact) mass is 265 g/mol. The van der Waals surface area contributed by atoms with Gasteiger partial charge in [-0.05, 0) is 24.1 Å². The second-order valence-corrected chi connectivity index (χ2v) is 4.15. The molecular weight excluding hydrogens is 252 g/mol. The van der Waals surface area contributed by atoms with Gasteiger partial charge in [0.15, 0.2) is 0 Å². The lowest BCUT2D eigenvalue weighted by atomic mass is 10.2. The first-order chi connectivity index (χ1) is 9.06. The molecule has 0 saturated carbocycles. The summed E-state index contributed by atoms with van der Waals surface area (Å²) in [6, 6.07) is 2.87. The van der Waals surface area contributed by atoms with Gasteiger partial charge >= 0.3 is 0 Å². The average molecular weight is 265 g/mol. The maximum absolute atomic E-state index is 13.3. The van der Waals surface area contributed by atoms with Crippen LogP contribution in [-0.4, -0.2) is 22.2 Å². The molecule has 4 nitrogen and oxygen atoms in total. The van der Waals surface area contributed by atoms with E-state index in [1.165, 1.54) is 0 Å². The van der Waals surface area contributed by atoms with Crippen molar-refractivity contribution in [1.29, 1.82) is 0 Å². The van der Waals surface area contributed by atoms with E-state index < -0.39 is 17.5 Å². The van der Waals surface area contributed by atoms with Crippen LogP contribution in [-0.2, 0) is 13.5 Å². The van der Waals surface area contributed by atoms with Crippen LogP contribution in [0.5, 0.6) is 0 Å². The molecule has 1 N–H and O–H groups in total. The van der Waals surface area contributed by atoms with Gasteiger partial charge in [0.25, 0.3) is 5.91 Å². The number of benzene rings is 1. The zero-order chi connectivity index (χ0) is 13.8. The van der Waals surface area contributed by atoms with Gasteiger partial charge in [-0.3, -0.25) is 9.48 Å². The topological polar surface area (TPSA) is 46.9 Å². The molecule has 0 unspecified atom stereocenters. The molecule has 0 bridgehead atoms. The number of halogens is 2. The smallest absolute Gasteiger partial charge is 0.254 e. The first-order valence-electron chi connectivity index (χ1n) is 5.77. The molecule has 1 amide bonds. The van der Waals surface area contributed by atoms with E-state index in [1.54, 1.807) is 17.9 Å². The number of aromatic nitrogens is 2. The average Bonchev–Trinajstić information content (AvgIpc) is 2.75. The molecule has 1 aromatic heterocycles. The number of carbonyl (C=O) groups is 1. The van der Waals surface area contributed by atoms with Gasteiger partial charge in [0, 0.05) is 25.9 Å². The van der Waals surface area contributed by atoms with E-state index in [0.29, 0.717) is 19.0 Å². The lowest BCUT2D eigenvalue weighted by Crippen LogP contribution is -2.26. The minimum atomic E-state index is -0.862. The van der Waals surface area contributed by atoms with E-state index in [9.17, 15) is 13.6 Å². The number of rotatable bonds is 4.